The molecule has 0 unspecified atom stereocenters. The maximum atomic E-state index is 10.9. The van der Waals surface area contributed by atoms with Gasteiger partial charge in [0.15, 0.2) is 0 Å². The van der Waals surface area contributed by atoms with Crippen molar-refractivity contribution in [2.75, 3.05) is 6.61 Å². The van der Waals surface area contributed by atoms with Crippen molar-refractivity contribution in [1.82, 2.24) is 4.72 Å². The van der Waals surface area contributed by atoms with Crippen LogP contribution >= 0.6 is 0 Å². The van der Waals surface area contributed by atoms with Crippen molar-refractivity contribution in [3.05, 3.63) is 12.2 Å². The largest absolute Gasteiger partial charge is 0.336 e. The van der Waals surface area contributed by atoms with Crippen LogP contribution in [0.4, 0.5) is 0 Å². The van der Waals surface area contributed by atoms with Crippen LogP contribution in [0.25, 0.3) is 0 Å². The summed E-state index contributed by atoms with van der Waals surface area (Å²) in [4.78, 5) is 0. The van der Waals surface area contributed by atoms with Crippen LogP contribution in [0.1, 0.15) is 20.3 Å². The van der Waals surface area contributed by atoms with E-state index in [4.69, 9.17) is 0 Å². The van der Waals surface area contributed by atoms with Gasteiger partial charge < -0.3 is 0 Å². The highest BCUT2D eigenvalue weighted by Gasteiger charge is 2.38. The molecule has 0 aliphatic carbocycles. The Labute approximate surface area is 72.9 Å². The molecule has 1 fully saturated rings. The average Bonchev–Trinajstić information content (AvgIpc) is 2.03. The molecular formula is C7H13NO3S. The lowest BCUT2D eigenvalue weighted by Gasteiger charge is -2.19. The first-order chi connectivity index (χ1) is 5.33. The van der Waals surface area contributed by atoms with Gasteiger partial charge in [0.2, 0.25) is 0 Å². The summed E-state index contributed by atoms with van der Waals surface area (Å²) in [6.45, 7) is 7.56. The molecule has 0 radical (unpaired) electrons. The summed E-state index contributed by atoms with van der Waals surface area (Å²) < 4.78 is 28.7. The molecule has 1 aliphatic heterocycles. The Morgan fingerprint density at radius 2 is 2.33 bits per heavy atom. The quantitative estimate of drug-likeness (QED) is 0.649. The second-order valence-corrected chi connectivity index (χ2v) is 4.86. The summed E-state index contributed by atoms with van der Waals surface area (Å²) in [5.41, 5.74) is 0.427. The van der Waals surface area contributed by atoms with Crippen LogP contribution in [0.15, 0.2) is 12.2 Å². The molecule has 0 bridgehead atoms. The lowest BCUT2D eigenvalue weighted by molar-refractivity contribution is 0.282. The first-order valence-electron chi connectivity index (χ1n) is 3.66. The fourth-order valence-corrected chi connectivity index (χ4v) is 2.53. The third-order valence-corrected chi connectivity index (χ3v) is 2.77. The molecule has 0 aromatic carbocycles. The molecule has 5 heteroatoms. The Morgan fingerprint density at radius 3 is 2.67 bits per heavy atom. The van der Waals surface area contributed by atoms with Crippen LogP contribution in [0.5, 0.6) is 0 Å². The number of nitrogens with one attached hydrogen (secondary N) is 1. The van der Waals surface area contributed by atoms with Crippen LogP contribution in [0, 0.1) is 0 Å². The van der Waals surface area contributed by atoms with E-state index >= 15 is 0 Å². The molecule has 1 atom stereocenters. The molecule has 0 saturated carbocycles. The minimum absolute atomic E-state index is 0.183. The molecule has 1 heterocycles. The number of hydrogen-bond acceptors (Lipinski definition) is 3. The third-order valence-electron chi connectivity index (χ3n) is 1.60. The highest BCUT2D eigenvalue weighted by molar-refractivity contribution is 7.85. The van der Waals surface area contributed by atoms with Gasteiger partial charge in [-0.3, -0.25) is 4.18 Å². The molecule has 4 nitrogen and oxygen atoms in total. The van der Waals surface area contributed by atoms with E-state index < -0.39 is 15.8 Å². The van der Waals surface area contributed by atoms with Gasteiger partial charge >= 0.3 is 10.3 Å². The molecule has 0 spiro atoms. The summed E-state index contributed by atoms with van der Waals surface area (Å²) >= 11 is 0. The van der Waals surface area contributed by atoms with E-state index in [-0.39, 0.29) is 6.61 Å². The Morgan fingerprint density at radius 1 is 1.75 bits per heavy atom. The average molecular weight is 191 g/mol. The van der Waals surface area contributed by atoms with Crippen LogP contribution in [-0.4, -0.2) is 20.6 Å². The summed E-state index contributed by atoms with van der Waals surface area (Å²) in [5.74, 6) is 0. The molecule has 1 saturated heterocycles. The van der Waals surface area contributed by atoms with Gasteiger partial charge in [0, 0.05) is 0 Å². The lowest BCUT2D eigenvalue weighted by Crippen LogP contribution is -2.40. The third kappa shape index (κ3) is 2.30. The zero-order chi connectivity index (χ0) is 9.41. The Balaban J connectivity index is 2.71. The first-order valence-corrected chi connectivity index (χ1v) is 5.07. The molecule has 0 amide bonds. The predicted octanol–water partition coefficient (Wildman–Crippen LogP) is 0.576. The highest BCUT2D eigenvalue weighted by atomic mass is 32.2. The predicted molar refractivity (Wildman–Crippen MR) is 45.8 cm³/mol. The van der Waals surface area contributed by atoms with Gasteiger partial charge in [-0.25, -0.2) is 0 Å². The van der Waals surface area contributed by atoms with E-state index in [1.165, 1.54) is 0 Å². The van der Waals surface area contributed by atoms with Crippen molar-refractivity contribution in [3.63, 3.8) is 0 Å². The molecule has 1 N–H and O–H groups in total. The van der Waals surface area contributed by atoms with Crippen LogP contribution < -0.4 is 4.72 Å². The van der Waals surface area contributed by atoms with Gasteiger partial charge in [-0.05, 0) is 20.3 Å². The normalized spacial score (nSPS) is 33.5. The molecule has 12 heavy (non-hydrogen) atoms. The SMILES string of the molecule is C=C(C)C[C@@]1(C)COS(=O)(=O)N1. The summed E-state index contributed by atoms with van der Waals surface area (Å²) in [7, 11) is -3.49. The number of rotatable bonds is 2. The van der Waals surface area contributed by atoms with Gasteiger partial charge in [-0.2, -0.15) is 13.1 Å². The molecule has 70 valence electrons. The zero-order valence-corrected chi connectivity index (χ0v) is 8.07. The van der Waals surface area contributed by atoms with Gasteiger partial charge in [0.25, 0.3) is 0 Å². The smallest absolute Gasteiger partial charge is 0.256 e. The Bertz CT molecular complexity index is 296. The molecule has 0 aromatic heterocycles. The second-order valence-electron chi connectivity index (χ2n) is 3.51. The lowest BCUT2D eigenvalue weighted by atomic mass is 9.97. The second kappa shape index (κ2) is 2.83. The topological polar surface area (TPSA) is 55.4 Å². The molecule has 0 aromatic rings. The van der Waals surface area contributed by atoms with E-state index in [0.29, 0.717) is 6.42 Å². The Kier molecular flexibility index (Phi) is 2.29. The van der Waals surface area contributed by atoms with Gasteiger partial charge in [-0.1, -0.05) is 5.57 Å². The summed E-state index contributed by atoms with van der Waals surface area (Å²) in [5, 5.41) is 0. The fourth-order valence-electron chi connectivity index (χ4n) is 1.32. The van der Waals surface area contributed by atoms with Crippen molar-refractivity contribution in [2.24, 2.45) is 0 Å². The van der Waals surface area contributed by atoms with Crippen LogP contribution in [0.3, 0.4) is 0 Å². The van der Waals surface area contributed by atoms with E-state index in [9.17, 15) is 8.42 Å². The fraction of sp³-hybridized carbons (Fsp3) is 0.714. The molecule has 1 aliphatic rings. The maximum absolute atomic E-state index is 10.9. The van der Waals surface area contributed by atoms with Crippen molar-refractivity contribution in [2.45, 2.75) is 25.8 Å². The zero-order valence-electron chi connectivity index (χ0n) is 7.25. The van der Waals surface area contributed by atoms with Gasteiger partial charge in [0.05, 0.1) is 12.1 Å². The van der Waals surface area contributed by atoms with Crippen molar-refractivity contribution >= 4 is 10.3 Å². The standard InChI is InChI=1S/C7H13NO3S/c1-6(2)4-7(3)5-11-12(9,10)8-7/h8H,1,4-5H2,2-3H3/t7-/m0/s1. The van der Waals surface area contributed by atoms with Crippen molar-refractivity contribution in [1.29, 1.82) is 0 Å². The van der Waals surface area contributed by atoms with Gasteiger partial charge in [-0.15, -0.1) is 6.58 Å². The van der Waals surface area contributed by atoms with E-state index in [1.54, 1.807) is 6.92 Å². The van der Waals surface area contributed by atoms with Crippen molar-refractivity contribution < 1.29 is 12.6 Å². The number of hydrogen-bond donors (Lipinski definition) is 1. The summed E-state index contributed by atoms with van der Waals surface area (Å²) in [6, 6.07) is 0. The minimum Gasteiger partial charge on any atom is -0.256 e. The summed E-state index contributed by atoms with van der Waals surface area (Å²) in [6.07, 6.45) is 0.603. The van der Waals surface area contributed by atoms with Crippen molar-refractivity contribution in [3.8, 4) is 0 Å². The van der Waals surface area contributed by atoms with Crippen LogP contribution in [0.2, 0.25) is 0 Å². The minimum atomic E-state index is -3.49. The molecular weight excluding hydrogens is 178 g/mol. The van der Waals surface area contributed by atoms with Gasteiger partial charge in [0.1, 0.15) is 0 Å². The van der Waals surface area contributed by atoms with E-state index in [1.807, 2.05) is 6.92 Å². The monoisotopic (exact) mass is 191 g/mol. The van der Waals surface area contributed by atoms with E-state index in [0.717, 1.165) is 5.57 Å². The Hall–Kier alpha value is -0.390. The maximum Gasteiger partial charge on any atom is 0.336 e. The van der Waals surface area contributed by atoms with Crippen LogP contribution in [-0.2, 0) is 14.5 Å². The van der Waals surface area contributed by atoms with E-state index in [2.05, 4.69) is 15.5 Å². The molecule has 1 rings (SSSR count). The highest BCUT2D eigenvalue weighted by Crippen LogP contribution is 2.22. The first kappa shape index (κ1) is 9.70.